The monoisotopic (exact) mass is 303 g/mol. The Morgan fingerprint density at radius 3 is 2.70 bits per heavy atom. The summed E-state index contributed by atoms with van der Waals surface area (Å²) in [6, 6.07) is 0.716. The topological polar surface area (TPSA) is 61.4 Å². The van der Waals surface area contributed by atoms with Crippen molar-refractivity contribution in [1.82, 2.24) is 14.9 Å². The number of unbranched alkanes of at least 4 members (excludes halogenated alkanes) is 1. The van der Waals surface area contributed by atoms with E-state index in [1.54, 1.807) is 0 Å². The van der Waals surface area contributed by atoms with Gasteiger partial charge in [-0.05, 0) is 64.6 Å². The molecule has 0 radical (unpaired) electrons. The van der Waals surface area contributed by atoms with Gasteiger partial charge in [0, 0.05) is 19.1 Å². The van der Waals surface area contributed by atoms with E-state index in [0.29, 0.717) is 18.5 Å². The van der Waals surface area contributed by atoms with Crippen molar-refractivity contribution in [1.29, 1.82) is 0 Å². The average Bonchev–Trinajstić information content (AvgIpc) is 3.20. The van der Waals surface area contributed by atoms with Crippen LogP contribution in [0.5, 0.6) is 0 Å². The molecule has 0 spiro atoms. The van der Waals surface area contributed by atoms with Crippen molar-refractivity contribution in [3.8, 4) is 0 Å². The van der Waals surface area contributed by atoms with Gasteiger partial charge in [0.05, 0.1) is 5.75 Å². The summed E-state index contributed by atoms with van der Waals surface area (Å²) in [5, 5.41) is 3.41. The van der Waals surface area contributed by atoms with Crippen LogP contribution in [0.2, 0.25) is 0 Å². The zero-order valence-corrected chi connectivity index (χ0v) is 13.4. The molecular weight excluding hydrogens is 274 g/mol. The predicted octanol–water partition coefficient (Wildman–Crippen LogP) is 0.780. The lowest BCUT2D eigenvalue weighted by molar-refractivity contribution is 0.211. The highest BCUT2D eigenvalue weighted by Gasteiger charge is 2.21. The molecule has 1 saturated heterocycles. The summed E-state index contributed by atoms with van der Waals surface area (Å²) in [5.41, 5.74) is 0. The van der Waals surface area contributed by atoms with Crippen LogP contribution in [0.25, 0.3) is 0 Å². The van der Waals surface area contributed by atoms with Gasteiger partial charge in [-0.2, -0.15) is 0 Å². The minimum absolute atomic E-state index is 0.266. The van der Waals surface area contributed by atoms with Crippen molar-refractivity contribution in [2.24, 2.45) is 5.92 Å². The molecule has 0 aromatic carbocycles. The molecule has 0 amide bonds. The van der Waals surface area contributed by atoms with Gasteiger partial charge in [0.2, 0.25) is 10.0 Å². The molecular formula is C14H29N3O2S. The molecule has 0 bridgehead atoms. The molecule has 2 aliphatic rings. The van der Waals surface area contributed by atoms with E-state index in [-0.39, 0.29) is 5.75 Å². The normalized spacial score (nSPS) is 24.9. The van der Waals surface area contributed by atoms with Crippen LogP contribution in [-0.2, 0) is 10.0 Å². The molecule has 0 aromatic rings. The van der Waals surface area contributed by atoms with Crippen LogP contribution >= 0.6 is 0 Å². The van der Waals surface area contributed by atoms with Gasteiger partial charge < -0.3 is 10.2 Å². The zero-order chi connectivity index (χ0) is 14.4. The maximum Gasteiger partial charge on any atom is 0.211 e. The molecule has 0 aromatic heterocycles. The smallest absolute Gasteiger partial charge is 0.211 e. The molecule has 20 heavy (non-hydrogen) atoms. The molecule has 2 N–H and O–H groups in total. The van der Waals surface area contributed by atoms with Crippen LogP contribution in [0, 0.1) is 5.92 Å². The van der Waals surface area contributed by atoms with Crippen LogP contribution in [-0.4, -0.2) is 58.3 Å². The maximum atomic E-state index is 11.9. The summed E-state index contributed by atoms with van der Waals surface area (Å²) in [7, 11) is -0.975. The van der Waals surface area contributed by atoms with Gasteiger partial charge in [-0.3, -0.25) is 0 Å². The third kappa shape index (κ3) is 6.52. The molecule has 1 unspecified atom stereocenters. The maximum absolute atomic E-state index is 11.9. The Bertz CT molecular complexity index is 382. The third-order valence-electron chi connectivity index (χ3n) is 4.16. The number of piperidine rings is 1. The highest BCUT2D eigenvalue weighted by molar-refractivity contribution is 7.89. The standard InChI is InChI=1S/C14H29N3O2S/c1-17-9-4-5-13(12-17)11-16-20(18,19)10-3-2-8-15-14-6-7-14/h13-16H,2-12H2,1H3. The molecule has 6 heteroatoms. The van der Waals surface area contributed by atoms with Gasteiger partial charge in [-0.1, -0.05) is 0 Å². The molecule has 2 rings (SSSR count). The third-order valence-corrected chi connectivity index (χ3v) is 5.60. The van der Waals surface area contributed by atoms with Crippen LogP contribution < -0.4 is 10.0 Å². The fourth-order valence-electron chi connectivity index (χ4n) is 2.77. The number of hydrogen-bond acceptors (Lipinski definition) is 4. The lowest BCUT2D eigenvalue weighted by Crippen LogP contribution is -2.39. The highest BCUT2D eigenvalue weighted by Crippen LogP contribution is 2.18. The van der Waals surface area contributed by atoms with E-state index >= 15 is 0 Å². The first kappa shape index (κ1) is 16.2. The van der Waals surface area contributed by atoms with Gasteiger partial charge >= 0.3 is 0 Å². The molecule has 118 valence electrons. The van der Waals surface area contributed by atoms with Gasteiger partial charge in [-0.25, -0.2) is 13.1 Å². The molecule has 1 heterocycles. The predicted molar refractivity (Wildman–Crippen MR) is 82.3 cm³/mol. The molecule has 1 aliphatic carbocycles. The minimum Gasteiger partial charge on any atom is -0.314 e. The Hall–Kier alpha value is -0.170. The van der Waals surface area contributed by atoms with Crippen molar-refractivity contribution in [2.75, 3.05) is 39.0 Å². The summed E-state index contributed by atoms with van der Waals surface area (Å²) in [6.45, 7) is 3.70. The Balaban J connectivity index is 1.55. The number of rotatable bonds is 9. The second-order valence-corrected chi connectivity index (χ2v) is 8.30. The summed E-state index contributed by atoms with van der Waals surface area (Å²) < 4.78 is 26.6. The molecule has 1 atom stereocenters. The minimum atomic E-state index is -3.08. The summed E-state index contributed by atoms with van der Waals surface area (Å²) in [6.07, 6.45) is 6.59. The first-order valence-electron chi connectivity index (χ1n) is 7.94. The van der Waals surface area contributed by atoms with Crippen LogP contribution in [0.1, 0.15) is 38.5 Å². The van der Waals surface area contributed by atoms with Crippen LogP contribution in [0.4, 0.5) is 0 Å². The number of sulfonamides is 1. The summed E-state index contributed by atoms with van der Waals surface area (Å²) in [4.78, 5) is 2.28. The SMILES string of the molecule is CN1CCCC(CNS(=O)(=O)CCCCNC2CC2)C1. The van der Waals surface area contributed by atoms with Gasteiger partial charge in [0.1, 0.15) is 0 Å². The van der Waals surface area contributed by atoms with E-state index in [1.165, 1.54) is 19.3 Å². The molecule has 2 fully saturated rings. The molecule has 5 nitrogen and oxygen atoms in total. The van der Waals surface area contributed by atoms with E-state index < -0.39 is 10.0 Å². The number of likely N-dealkylation sites (tertiary alicyclic amines) is 1. The second kappa shape index (κ2) is 7.73. The first-order valence-corrected chi connectivity index (χ1v) is 9.60. The van der Waals surface area contributed by atoms with E-state index in [2.05, 4.69) is 22.0 Å². The average molecular weight is 303 g/mol. The number of nitrogens with zero attached hydrogens (tertiary/aromatic N) is 1. The zero-order valence-electron chi connectivity index (χ0n) is 12.6. The van der Waals surface area contributed by atoms with Crippen molar-refractivity contribution >= 4 is 10.0 Å². The van der Waals surface area contributed by atoms with E-state index in [9.17, 15) is 8.42 Å². The van der Waals surface area contributed by atoms with E-state index in [0.717, 1.165) is 38.9 Å². The largest absolute Gasteiger partial charge is 0.314 e. The quantitative estimate of drug-likeness (QED) is 0.618. The van der Waals surface area contributed by atoms with Gasteiger partial charge in [0.15, 0.2) is 0 Å². The first-order chi connectivity index (χ1) is 9.55. The Labute approximate surface area is 123 Å². The van der Waals surface area contributed by atoms with Crippen LogP contribution in [0.15, 0.2) is 0 Å². The van der Waals surface area contributed by atoms with E-state index in [4.69, 9.17) is 0 Å². The second-order valence-electron chi connectivity index (χ2n) is 6.37. The van der Waals surface area contributed by atoms with Crippen molar-refractivity contribution in [3.05, 3.63) is 0 Å². The summed E-state index contributed by atoms with van der Waals surface area (Å²) in [5.74, 6) is 0.738. The van der Waals surface area contributed by atoms with Crippen LogP contribution in [0.3, 0.4) is 0 Å². The Morgan fingerprint density at radius 2 is 2.00 bits per heavy atom. The molecule has 1 saturated carbocycles. The van der Waals surface area contributed by atoms with Crippen molar-refractivity contribution < 1.29 is 8.42 Å². The molecule has 1 aliphatic heterocycles. The van der Waals surface area contributed by atoms with Crippen molar-refractivity contribution in [3.63, 3.8) is 0 Å². The fraction of sp³-hybridized carbons (Fsp3) is 1.00. The highest BCUT2D eigenvalue weighted by atomic mass is 32.2. The number of hydrogen-bond donors (Lipinski definition) is 2. The van der Waals surface area contributed by atoms with Gasteiger partial charge in [-0.15, -0.1) is 0 Å². The summed E-state index contributed by atoms with van der Waals surface area (Å²) >= 11 is 0. The van der Waals surface area contributed by atoms with Crippen molar-refractivity contribution in [2.45, 2.75) is 44.6 Å². The van der Waals surface area contributed by atoms with E-state index in [1.807, 2.05) is 0 Å². The Morgan fingerprint density at radius 1 is 1.20 bits per heavy atom. The number of nitrogens with one attached hydrogen (secondary N) is 2. The fourth-order valence-corrected chi connectivity index (χ4v) is 3.99. The lowest BCUT2D eigenvalue weighted by Gasteiger charge is -2.29. The van der Waals surface area contributed by atoms with Gasteiger partial charge in [0.25, 0.3) is 0 Å². The Kier molecular flexibility index (Phi) is 6.26. The lowest BCUT2D eigenvalue weighted by atomic mass is 9.99.